The molecule has 0 aliphatic carbocycles. The molecule has 3 nitrogen and oxygen atoms in total. The summed E-state index contributed by atoms with van der Waals surface area (Å²) < 4.78 is 0. The molecule has 100 valence electrons. The molecule has 0 fully saturated rings. The Labute approximate surface area is 114 Å². The van der Waals surface area contributed by atoms with Gasteiger partial charge in [-0.1, -0.05) is 37.1 Å². The molecule has 2 N–H and O–H groups in total. The number of carbonyl (C=O) groups excluding carboxylic acids is 1. The summed E-state index contributed by atoms with van der Waals surface area (Å²) in [6, 6.07) is 7.52. The molecule has 1 rings (SSSR count). The van der Waals surface area contributed by atoms with Gasteiger partial charge in [0.15, 0.2) is 0 Å². The number of carbonyl (C=O) groups is 1. The van der Waals surface area contributed by atoms with Gasteiger partial charge in [-0.3, -0.25) is 0 Å². The van der Waals surface area contributed by atoms with Gasteiger partial charge >= 0.3 is 6.03 Å². The van der Waals surface area contributed by atoms with Crippen LogP contribution in [0, 0.1) is 0 Å². The van der Waals surface area contributed by atoms with Crippen molar-refractivity contribution in [1.29, 1.82) is 0 Å². The number of rotatable bonds is 5. The molecule has 0 heterocycles. The van der Waals surface area contributed by atoms with Crippen LogP contribution in [-0.4, -0.2) is 12.1 Å². The first-order valence-corrected chi connectivity index (χ1v) is 6.73. The molecule has 0 aliphatic rings. The van der Waals surface area contributed by atoms with E-state index in [1.807, 2.05) is 38.1 Å². The van der Waals surface area contributed by atoms with Crippen molar-refractivity contribution >= 4 is 17.6 Å². The van der Waals surface area contributed by atoms with Crippen LogP contribution in [0.25, 0.3) is 0 Å². The summed E-state index contributed by atoms with van der Waals surface area (Å²) in [5.41, 5.74) is 1.00. The molecule has 0 aliphatic heterocycles. The monoisotopic (exact) mass is 268 g/mol. The van der Waals surface area contributed by atoms with Gasteiger partial charge in [0.05, 0.1) is 6.04 Å². The molecular formula is C14H21ClN2O. The lowest BCUT2D eigenvalue weighted by Gasteiger charge is -2.18. The van der Waals surface area contributed by atoms with Crippen molar-refractivity contribution in [2.45, 2.75) is 45.7 Å². The number of halogens is 1. The van der Waals surface area contributed by atoms with Crippen molar-refractivity contribution in [2.75, 3.05) is 0 Å². The second kappa shape index (κ2) is 7.27. The van der Waals surface area contributed by atoms with Gasteiger partial charge in [-0.2, -0.15) is 0 Å². The molecule has 1 aromatic carbocycles. The smallest absolute Gasteiger partial charge is 0.315 e. The molecule has 0 bridgehead atoms. The highest BCUT2D eigenvalue weighted by Gasteiger charge is 2.11. The molecule has 4 heteroatoms. The number of hydrogen-bond donors (Lipinski definition) is 2. The van der Waals surface area contributed by atoms with Crippen molar-refractivity contribution in [3.63, 3.8) is 0 Å². The van der Waals surface area contributed by atoms with E-state index >= 15 is 0 Å². The zero-order valence-electron chi connectivity index (χ0n) is 11.2. The number of urea groups is 1. The molecule has 0 saturated heterocycles. The van der Waals surface area contributed by atoms with Gasteiger partial charge in [-0.25, -0.2) is 4.79 Å². The normalized spacial score (nSPS) is 13.8. The van der Waals surface area contributed by atoms with E-state index < -0.39 is 0 Å². The minimum Gasteiger partial charge on any atom is -0.336 e. The molecule has 0 aromatic heterocycles. The van der Waals surface area contributed by atoms with E-state index in [2.05, 4.69) is 17.6 Å². The summed E-state index contributed by atoms with van der Waals surface area (Å²) >= 11 is 5.92. The third-order valence-corrected chi connectivity index (χ3v) is 3.03. The van der Waals surface area contributed by atoms with Crippen LogP contribution in [0.5, 0.6) is 0 Å². The Bertz CT molecular complexity index is 395. The second-order valence-electron chi connectivity index (χ2n) is 4.58. The van der Waals surface area contributed by atoms with Crippen molar-refractivity contribution in [2.24, 2.45) is 0 Å². The zero-order chi connectivity index (χ0) is 13.5. The second-order valence-corrected chi connectivity index (χ2v) is 5.02. The molecule has 2 atom stereocenters. The number of nitrogens with one attached hydrogen (secondary N) is 2. The van der Waals surface area contributed by atoms with Crippen LogP contribution >= 0.6 is 11.6 Å². The highest BCUT2D eigenvalue weighted by molar-refractivity contribution is 6.30. The predicted octanol–water partition coefficient (Wildman–Crippen LogP) is 3.89. The quantitative estimate of drug-likeness (QED) is 0.836. The summed E-state index contributed by atoms with van der Waals surface area (Å²) in [4.78, 5) is 11.7. The highest BCUT2D eigenvalue weighted by atomic mass is 35.5. The van der Waals surface area contributed by atoms with Crippen molar-refractivity contribution < 1.29 is 4.79 Å². The molecule has 0 radical (unpaired) electrons. The third kappa shape index (κ3) is 4.96. The Balaban J connectivity index is 2.49. The zero-order valence-corrected chi connectivity index (χ0v) is 11.9. The molecule has 2 amide bonds. The van der Waals surface area contributed by atoms with Crippen molar-refractivity contribution in [3.8, 4) is 0 Å². The molecule has 0 unspecified atom stereocenters. The average Bonchev–Trinajstić information content (AvgIpc) is 2.28. The van der Waals surface area contributed by atoms with Gasteiger partial charge in [0, 0.05) is 11.1 Å². The summed E-state index contributed by atoms with van der Waals surface area (Å²) in [5.74, 6) is 0. The first-order chi connectivity index (χ1) is 8.52. The minimum absolute atomic E-state index is 0.0578. The Kier molecular flexibility index (Phi) is 5.99. The molecule has 0 saturated carbocycles. The van der Waals surface area contributed by atoms with E-state index in [1.165, 1.54) is 0 Å². The fourth-order valence-corrected chi connectivity index (χ4v) is 2.03. The Hall–Kier alpha value is -1.22. The summed E-state index contributed by atoms with van der Waals surface area (Å²) in [6.07, 6.45) is 2.05. The van der Waals surface area contributed by atoms with Crippen LogP contribution in [-0.2, 0) is 0 Å². The number of hydrogen-bond acceptors (Lipinski definition) is 1. The maximum absolute atomic E-state index is 11.7. The van der Waals surface area contributed by atoms with Crippen LogP contribution < -0.4 is 10.6 Å². The topological polar surface area (TPSA) is 41.1 Å². The fourth-order valence-electron chi connectivity index (χ4n) is 1.83. The Morgan fingerprint density at radius 3 is 2.67 bits per heavy atom. The van der Waals surface area contributed by atoms with Gasteiger partial charge in [-0.15, -0.1) is 0 Å². The maximum Gasteiger partial charge on any atom is 0.315 e. The Morgan fingerprint density at radius 2 is 2.06 bits per heavy atom. The van der Waals surface area contributed by atoms with Crippen molar-refractivity contribution in [3.05, 3.63) is 34.9 Å². The van der Waals surface area contributed by atoms with Gasteiger partial charge in [-0.05, 0) is 38.0 Å². The standard InChI is InChI=1S/C14H21ClN2O/c1-4-6-10(2)16-14(18)17-11(3)12-7-5-8-13(15)9-12/h5,7-11H,4,6H2,1-3H3,(H2,16,17,18)/t10-,11+/m0/s1. The van der Waals surface area contributed by atoms with Crippen LogP contribution in [0.15, 0.2) is 24.3 Å². The first kappa shape index (κ1) is 14.8. The SMILES string of the molecule is CCC[C@H](C)NC(=O)N[C@H](C)c1cccc(Cl)c1. The van der Waals surface area contributed by atoms with Gasteiger partial charge in [0.25, 0.3) is 0 Å². The average molecular weight is 269 g/mol. The van der Waals surface area contributed by atoms with Gasteiger partial charge in [0.2, 0.25) is 0 Å². The number of benzene rings is 1. The van der Waals surface area contributed by atoms with Crippen molar-refractivity contribution in [1.82, 2.24) is 10.6 Å². The predicted molar refractivity (Wildman–Crippen MR) is 75.9 cm³/mol. The van der Waals surface area contributed by atoms with E-state index in [0.29, 0.717) is 5.02 Å². The third-order valence-electron chi connectivity index (χ3n) is 2.80. The van der Waals surface area contributed by atoms with Crippen LogP contribution in [0.2, 0.25) is 5.02 Å². The molecular weight excluding hydrogens is 248 g/mol. The lowest BCUT2D eigenvalue weighted by molar-refractivity contribution is 0.234. The summed E-state index contributed by atoms with van der Waals surface area (Å²) in [5, 5.41) is 6.50. The van der Waals surface area contributed by atoms with E-state index in [9.17, 15) is 4.79 Å². The highest BCUT2D eigenvalue weighted by Crippen LogP contribution is 2.17. The van der Waals surface area contributed by atoms with Gasteiger partial charge in [0.1, 0.15) is 0 Å². The summed E-state index contributed by atoms with van der Waals surface area (Å²) in [7, 11) is 0. The molecule has 18 heavy (non-hydrogen) atoms. The van der Waals surface area contributed by atoms with E-state index in [1.54, 1.807) is 0 Å². The van der Waals surface area contributed by atoms with E-state index in [0.717, 1.165) is 18.4 Å². The molecule has 0 spiro atoms. The fraction of sp³-hybridized carbons (Fsp3) is 0.500. The van der Waals surface area contributed by atoms with E-state index in [-0.39, 0.29) is 18.1 Å². The maximum atomic E-state index is 11.7. The van der Waals surface area contributed by atoms with Crippen LogP contribution in [0.4, 0.5) is 4.79 Å². The van der Waals surface area contributed by atoms with Gasteiger partial charge < -0.3 is 10.6 Å². The first-order valence-electron chi connectivity index (χ1n) is 6.35. The van der Waals surface area contributed by atoms with Crippen LogP contribution in [0.3, 0.4) is 0 Å². The largest absolute Gasteiger partial charge is 0.336 e. The Morgan fingerprint density at radius 1 is 1.33 bits per heavy atom. The molecule has 1 aromatic rings. The lowest BCUT2D eigenvalue weighted by atomic mass is 10.1. The number of amides is 2. The van der Waals surface area contributed by atoms with Crippen LogP contribution in [0.1, 0.15) is 45.2 Å². The lowest BCUT2D eigenvalue weighted by Crippen LogP contribution is -2.41. The minimum atomic E-state index is -0.136. The summed E-state index contributed by atoms with van der Waals surface area (Å²) in [6.45, 7) is 6.05. The van der Waals surface area contributed by atoms with E-state index in [4.69, 9.17) is 11.6 Å².